The van der Waals surface area contributed by atoms with E-state index in [1.807, 2.05) is 25.2 Å². The average Bonchev–Trinajstić information content (AvgIpc) is 2.61. The van der Waals surface area contributed by atoms with Crippen LogP contribution in [0, 0.1) is 0 Å². The van der Waals surface area contributed by atoms with Crippen LogP contribution < -0.4 is 10.6 Å². The van der Waals surface area contributed by atoms with Crippen LogP contribution in [-0.4, -0.2) is 56.2 Å². The van der Waals surface area contributed by atoms with Crippen molar-refractivity contribution in [2.24, 2.45) is 4.99 Å². The number of rotatable bonds is 7. The number of ether oxygens (including phenoxy) is 1. The van der Waals surface area contributed by atoms with Gasteiger partial charge in [-0.2, -0.15) is 0 Å². The number of hydrogen-bond donors (Lipinski definition) is 2. The lowest BCUT2D eigenvalue weighted by atomic mass is 10.0. The van der Waals surface area contributed by atoms with Gasteiger partial charge in [0.05, 0.1) is 13.2 Å². The molecular weight excluding hydrogens is 300 g/mol. The van der Waals surface area contributed by atoms with E-state index in [1.54, 1.807) is 0 Å². The van der Waals surface area contributed by atoms with Crippen LogP contribution >= 0.6 is 0 Å². The number of hydrogen-bond acceptors (Lipinski definition) is 3. The maximum absolute atomic E-state index is 5.69. The van der Waals surface area contributed by atoms with Crippen molar-refractivity contribution >= 4 is 5.96 Å². The quantitative estimate of drug-likeness (QED) is 0.457. The molecule has 1 aliphatic rings. The molecule has 0 atom stereocenters. The van der Waals surface area contributed by atoms with Gasteiger partial charge in [0.25, 0.3) is 0 Å². The summed E-state index contributed by atoms with van der Waals surface area (Å²) in [6, 6.07) is 11.4. The summed E-state index contributed by atoms with van der Waals surface area (Å²) in [6.07, 6.45) is 2.34. The maximum Gasteiger partial charge on any atom is 0.191 e. The predicted molar refractivity (Wildman–Crippen MR) is 100 cm³/mol. The molecule has 0 radical (unpaired) electrons. The van der Waals surface area contributed by atoms with E-state index in [4.69, 9.17) is 4.74 Å². The van der Waals surface area contributed by atoms with Crippen LogP contribution in [0.4, 0.5) is 0 Å². The summed E-state index contributed by atoms with van der Waals surface area (Å²) in [5.74, 6) is 0.876. The van der Waals surface area contributed by atoms with Gasteiger partial charge < -0.3 is 20.3 Å². The summed E-state index contributed by atoms with van der Waals surface area (Å²) in [5.41, 5.74) is 1.21. The highest BCUT2D eigenvalue weighted by atomic mass is 16.5. The standard InChI is InChI=1S/C19H32N4O/c1-16(2)23-12-9-18(10-13-23)22-19(20-3)21-11-14-24-15-17-7-5-4-6-8-17/h4-8,16,18H,9-15H2,1-3H3,(H2,20,21,22). The Morgan fingerprint density at radius 3 is 2.58 bits per heavy atom. The van der Waals surface area contributed by atoms with Crippen LogP contribution in [0.25, 0.3) is 0 Å². The molecule has 2 rings (SSSR count). The fraction of sp³-hybridized carbons (Fsp3) is 0.632. The van der Waals surface area contributed by atoms with Crippen LogP contribution in [-0.2, 0) is 11.3 Å². The third kappa shape index (κ3) is 6.49. The molecule has 1 heterocycles. The average molecular weight is 332 g/mol. The summed E-state index contributed by atoms with van der Waals surface area (Å²) in [7, 11) is 1.82. The minimum absolute atomic E-state index is 0.511. The topological polar surface area (TPSA) is 48.9 Å². The summed E-state index contributed by atoms with van der Waals surface area (Å²) in [6.45, 7) is 8.94. The molecule has 2 N–H and O–H groups in total. The highest BCUT2D eigenvalue weighted by Gasteiger charge is 2.21. The van der Waals surface area contributed by atoms with Gasteiger partial charge >= 0.3 is 0 Å². The zero-order valence-corrected chi connectivity index (χ0v) is 15.3. The van der Waals surface area contributed by atoms with Crippen molar-refractivity contribution in [1.29, 1.82) is 0 Å². The van der Waals surface area contributed by atoms with Crippen molar-refractivity contribution in [1.82, 2.24) is 15.5 Å². The monoisotopic (exact) mass is 332 g/mol. The van der Waals surface area contributed by atoms with Crippen LogP contribution in [0.15, 0.2) is 35.3 Å². The van der Waals surface area contributed by atoms with Gasteiger partial charge in [-0.25, -0.2) is 0 Å². The molecule has 0 bridgehead atoms. The van der Waals surface area contributed by atoms with Gasteiger partial charge in [0, 0.05) is 38.8 Å². The predicted octanol–water partition coefficient (Wildman–Crippen LogP) is 2.24. The number of nitrogens with zero attached hydrogens (tertiary/aromatic N) is 2. The van der Waals surface area contributed by atoms with E-state index < -0.39 is 0 Å². The summed E-state index contributed by atoms with van der Waals surface area (Å²) in [5, 5.41) is 6.87. The fourth-order valence-electron chi connectivity index (χ4n) is 2.95. The Hall–Kier alpha value is -1.59. The molecule has 5 heteroatoms. The molecule has 0 amide bonds. The number of benzene rings is 1. The molecule has 1 fully saturated rings. The third-order valence-corrected chi connectivity index (χ3v) is 4.47. The minimum Gasteiger partial charge on any atom is -0.375 e. The second-order valence-corrected chi connectivity index (χ2v) is 6.59. The van der Waals surface area contributed by atoms with Gasteiger partial charge in [-0.15, -0.1) is 0 Å². The number of nitrogens with one attached hydrogen (secondary N) is 2. The number of likely N-dealkylation sites (tertiary alicyclic amines) is 1. The molecule has 1 aliphatic heterocycles. The Morgan fingerprint density at radius 2 is 1.96 bits per heavy atom. The van der Waals surface area contributed by atoms with Crippen molar-refractivity contribution < 1.29 is 4.74 Å². The Bertz CT molecular complexity index is 481. The first kappa shape index (κ1) is 18.7. The second-order valence-electron chi connectivity index (χ2n) is 6.59. The van der Waals surface area contributed by atoms with E-state index in [0.717, 1.165) is 25.6 Å². The highest BCUT2D eigenvalue weighted by molar-refractivity contribution is 5.79. The van der Waals surface area contributed by atoms with Crippen molar-refractivity contribution in [3.05, 3.63) is 35.9 Å². The molecule has 0 aliphatic carbocycles. The Balaban J connectivity index is 1.59. The molecule has 0 saturated carbocycles. The zero-order valence-electron chi connectivity index (χ0n) is 15.3. The van der Waals surface area contributed by atoms with Gasteiger partial charge in [0.2, 0.25) is 0 Å². The van der Waals surface area contributed by atoms with E-state index in [2.05, 4.69) is 46.5 Å². The molecule has 24 heavy (non-hydrogen) atoms. The van der Waals surface area contributed by atoms with Crippen molar-refractivity contribution in [3.8, 4) is 0 Å². The van der Waals surface area contributed by atoms with Gasteiger partial charge in [0.15, 0.2) is 5.96 Å². The third-order valence-electron chi connectivity index (χ3n) is 4.47. The highest BCUT2D eigenvalue weighted by Crippen LogP contribution is 2.12. The number of guanidine groups is 1. The first-order valence-corrected chi connectivity index (χ1v) is 9.02. The van der Waals surface area contributed by atoms with Gasteiger partial charge in [-0.05, 0) is 32.3 Å². The summed E-state index contributed by atoms with van der Waals surface area (Å²) in [4.78, 5) is 6.85. The summed E-state index contributed by atoms with van der Waals surface area (Å²) < 4.78 is 5.69. The van der Waals surface area contributed by atoms with E-state index in [9.17, 15) is 0 Å². The lowest BCUT2D eigenvalue weighted by Gasteiger charge is -2.35. The SMILES string of the molecule is CN=C(NCCOCc1ccccc1)NC1CCN(C(C)C)CC1. The molecule has 1 saturated heterocycles. The van der Waals surface area contributed by atoms with Crippen LogP contribution in [0.1, 0.15) is 32.3 Å². The normalized spacial score (nSPS) is 17.2. The lowest BCUT2D eigenvalue weighted by molar-refractivity contribution is 0.125. The smallest absolute Gasteiger partial charge is 0.191 e. The van der Waals surface area contributed by atoms with E-state index in [1.165, 1.54) is 18.4 Å². The Labute approximate surface area is 146 Å². The van der Waals surface area contributed by atoms with Gasteiger partial charge in [-0.1, -0.05) is 30.3 Å². The second kappa shape index (κ2) is 10.3. The van der Waals surface area contributed by atoms with Crippen molar-refractivity contribution in [3.63, 3.8) is 0 Å². The largest absolute Gasteiger partial charge is 0.375 e. The maximum atomic E-state index is 5.69. The number of piperidine rings is 1. The number of aliphatic imine (C=N–C) groups is 1. The Morgan fingerprint density at radius 1 is 1.25 bits per heavy atom. The van der Waals surface area contributed by atoms with Crippen molar-refractivity contribution in [2.45, 2.75) is 45.4 Å². The molecule has 0 spiro atoms. The van der Waals surface area contributed by atoms with E-state index in [0.29, 0.717) is 25.3 Å². The minimum atomic E-state index is 0.511. The molecular formula is C19H32N4O. The zero-order chi connectivity index (χ0) is 17.2. The fourth-order valence-corrected chi connectivity index (χ4v) is 2.95. The van der Waals surface area contributed by atoms with E-state index in [-0.39, 0.29) is 0 Å². The summed E-state index contributed by atoms with van der Waals surface area (Å²) >= 11 is 0. The van der Waals surface area contributed by atoms with Crippen LogP contribution in [0.3, 0.4) is 0 Å². The van der Waals surface area contributed by atoms with E-state index >= 15 is 0 Å². The van der Waals surface area contributed by atoms with Gasteiger partial charge in [0.1, 0.15) is 0 Å². The first-order valence-electron chi connectivity index (χ1n) is 9.02. The first-order chi connectivity index (χ1) is 11.7. The molecule has 134 valence electrons. The molecule has 0 aromatic heterocycles. The van der Waals surface area contributed by atoms with Crippen LogP contribution in [0.2, 0.25) is 0 Å². The Kier molecular flexibility index (Phi) is 8.05. The van der Waals surface area contributed by atoms with Gasteiger partial charge in [-0.3, -0.25) is 4.99 Å². The molecule has 5 nitrogen and oxygen atoms in total. The molecule has 1 aromatic carbocycles. The lowest BCUT2D eigenvalue weighted by Crippen LogP contribution is -2.50. The van der Waals surface area contributed by atoms with Crippen LogP contribution in [0.5, 0.6) is 0 Å². The molecule has 1 aromatic rings. The molecule has 0 unspecified atom stereocenters. The van der Waals surface area contributed by atoms with Crippen molar-refractivity contribution in [2.75, 3.05) is 33.3 Å².